The number of likely N-dealkylation sites (tertiary alicyclic amines) is 1. The van der Waals surface area contributed by atoms with Gasteiger partial charge in [0.15, 0.2) is 0 Å². The lowest BCUT2D eigenvalue weighted by atomic mass is 9.92. The van der Waals surface area contributed by atoms with Crippen molar-refractivity contribution in [3.8, 4) is 0 Å². The molecule has 1 unspecified atom stereocenters. The van der Waals surface area contributed by atoms with Crippen molar-refractivity contribution >= 4 is 11.6 Å². The summed E-state index contributed by atoms with van der Waals surface area (Å²) in [6.07, 6.45) is 2.49. The molecule has 0 aromatic heterocycles. The van der Waals surface area contributed by atoms with E-state index < -0.39 is 0 Å². The summed E-state index contributed by atoms with van der Waals surface area (Å²) in [5, 5.41) is 3.22. The van der Waals surface area contributed by atoms with E-state index in [0.29, 0.717) is 24.3 Å². The molecular weight excluding hydrogens is 284 g/mol. The molecule has 0 saturated carbocycles. The largest absolute Gasteiger partial charge is 0.324 e. The molecule has 1 aliphatic rings. The quantitative estimate of drug-likeness (QED) is 0.860. The third-order valence-corrected chi connectivity index (χ3v) is 4.75. The molecule has 128 valence electrons. The number of rotatable bonds is 5. The Morgan fingerprint density at radius 3 is 2.35 bits per heavy atom. The zero-order valence-corrected chi connectivity index (χ0v) is 15.4. The summed E-state index contributed by atoms with van der Waals surface area (Å²) in [6, 6.07) is 6.37. The highest BCUT2D eigenvalue weighted by Crippen LogP contribution is 2.32. The molecule has 2 rings (SSSR count). The average Bonchev–Trinajstić information content (AvgIpc) is 2.46. The van der Waals surface area contributed by atoms with E-state index in [2.05, 4.69) is 63.0 Å². The SMILES string of the molecule is CC1CCCN(CC(=O)Nc2c(C(C)C)cccc2C(C)C)C1. The van der Waals surface area contributed by atoms with Gasteiger partial charge in [0, 0.05) is 12.2 Å². The second kappa shape index (κ2) is 7.96. The standard InChI is InChI=1S/C20H32N2O/c1-14(2)17-9-6-10-18(15(3)4)20(17)21-19(23)13-22-11-7-8-16(5)12-22/h6,9-10,14-16H,7-8,11-13H2,1-5H3,(H,21,23). The van der Waals surface area contributed by atoms with Gasteiger partial charge < -0.3 is 5.32 Å². The summed E-state index contributed by atoms with van der Waals surface area (Å²) in [6.45, 7) is 13.6. The van der Waals surface area contributed by atoms with Crippen molar-refractivity contribution in [3.05, 3.63) is 29.3 Å². The normalized spacial score (nSPS) is 19.3. The average molecular weight is 316 g/mol. The predicted molar refractivity (Wildman–Crippen MR) is 98.1 cm³/mol. The number of carbonyl (C=O) groups excluding carboxylic acids is 1. The van der Waals surface area contributed by atoms with Crippen LogP contribution in [0, 0.1) is 5.92 Å². The van der Waals surface area contributed by atoms with Crippen LogP contribution < -0.4 is 5.32 Å². The molecule has 1 aromatic carbocycles. The Bertz CT molecular complexity index is 510. The van der Waals surface area contributed by atoms with Gasteiger partial charge in [-0.2, -0.15) is 0 Å². The Kier molecular flexibility index (Phi) is 6.23. The molecule has 1 atom stereocenters. The van der Waals surface area contributed by atoms with Gasteiger partial charge in [0.2, 0.25) is 5.91 Å². The first kappa shape index (κ1) is 18.0. The van der Waals surface area contributed by atoms with Crippen molar-refractivity contribution in [2.45, 2.75) is 59.3 Å². The Hall–Kier alpha value is -1.35. The van der Waals surface area contributed by atoms with E-state index in [1.54, 1.807) is 0 Å². The van der Waals surface area contributed by atoms with E-state index in [4.69, 9.17) is 0 Å². The zero-order chi connectivity index (χ0) is 17.0. The van der Waals surface area contributed by atoms with E-state index in [1.165, 1.54) is 24.0 Å². The summed E-state index contributed by atoms with van der Waals surface area (Å²) in [4.78, 5) is 14.9. The van der Waals surface area contributed by atoms with E-state index in [-0.39, 0.29) is 5.91 Å². The van der Waals surface area contributed by atoms with Crippen LogP contribution in [-0.4, -0.2) is 30.4 Å². The van der Waals surface area contributed by atoms with Crippen LogP contribution in [0.3, 0.4) is 0 Å². The number of hydrogen-bond acceptors (Lipinski definition) is 2. The number of carbonyl (C=O) groups is 1. The first-order valence-corrected chi connectivity index (χ1v) is 9.03. The van der Waals surface area contributed by atoms with Crippen LogP contribution >= 0.6 is 0 Å². The molecule has 0 aliphatic carbocycles. The van der Waals surface area contributed by atoms with E-state index in [9.17, 15) is 4.79 Å². The second-order valence-corrected chi connectivity index (χ2v) is 7.65. The number of piperidine rings is 1. The molecule has 0 radical (unpaired) electrons. The maximum Gasteiger partial charge on any atom is 0.238 e. The predicted octanol–water partition coefficient (Wildman–Crippen LogP) is 4.60. The number of nitrogens with one attached hydrogen (secondary N) is 1. The molecular formula is C20H32N2O. The summed E-state index contributed by atoms with van der Waals surface area (Å²) < 4.78 is 0. The molecule has 3 nitrogen and oxygen atoms in total. The van der Waals surface area contributed by atoms with Crippen molar-refractivity contribution in [3.63, 3.8) is 0 Å². The Labute approximate surface area is 141 Å². The molecule has 23 heavy (non-hydrogen) atoms. The molecule has 0 spiro atoms. The van der Waals surface area contributed by atoms with Crippen LogP contribution in [0.5, 0.6) is 0 Å². The van der Waals surface area contributed by atoms with Crippen LogP contribution in [-0.2, 0) is 4.79 Å². The minimum Gasteiger partial charge on any atom is -0.324 e. The smallest absolute Gasteiger partial charge is 0.238 e. The maximum absolute atomic E-state index is 12.6. The summed E-state index contributed by atoms with van der Waals surface area (Å²) in [5.74, 6) is 1.62. The van der Waals surface area contributed by atoms with E-state index in [0.717, 1.165) is 18.8 Å². The zero-order valence-electron chi connectivity index (χ0n) is 15.4. The van der Waals surface area contributed by atoms with Gasteiger partial charge >= 0.3 is 0 Å². The molecule has 1 amide bonds. The van der Waals surface area contributed by atoms with Crippen molar-refractivity contribution in [1.82, 2.24) is 4.90 Å². The first-order chi connectivity index (χ1) is 10.9. The minimum absolute atomic E-state index is 0.120. The topological polar surface area (TPSA) is 32.3 Å². The molecule has 0 bridgehead atoms. The number of hydrogen-bond donors (Lipinski definition) is 1. The second-order valence-electron chi connectivity index (χ2n) is 7.65. The van der Waals surface area contributed by atoms with Crippen molar-refractivity contribution in [1.29, 1.82) is 0 Å². The monoisotopic (exact) mass is 316 g/mol. The summed E-state index contributed by atoms with van der Waals surface area (Å²) >= 11 is 0. The van der Waals surface area contributed by atoms with E-state index in [1.807, 2.05) is 0 Å². The number of benzene rings is 1. The molecule has 1 saturated heterocycles. The van der Waals surface area contributed by atoms with Gasteiger partial charge in [-0.3, -0.25) is 9.69 Å². The summed E-state index contributed by atoms with van der Waals surface area (Å²) in [7, 11) is 0. The molecule has 1 fully saturated rings. The van der Waals surface area contributed by atoms with Gasteiger partial charge in [0.05, 0.1) is 6.54 Å². The van der Waals surface area contributed by atoms with Gasteiger partial charge in [-0.25, -0.2) is 0 Å². The lowest BCUT2D eigenvalue weighted by molar-refractivity contribution is -0.117. The number of anilines is 1. The Morgan fingerprint density at radius 1 is 1.22 bits per heavy atom. The molecule has 3 heteroatoms. The fraction of sp³-hybridized carbons (Fsp3) is 0.650. The minimum atomic E-state index is 0.120. The summed E-state index contributed by atoms with van der Waals surface area (Å²) in [5.41, 5.74) is 3.50. The highest BCUT2D eigenvalue weighted by molar-refractivity contribution is 5.94. The lowest BCUT2D eigenvalue weighted by Crippen LogP contribution is -2.40. The molecule has 1 heterocycles. The van der Waals surface area contributed by atoms with E-state index >= 15 is 0 Å². The first-order valence-electron chi connectivity index (χ1n) is 9.03. The highest BCUT2D eigenvalue weighted by Gasteiger charge is 2.20. The fourth-order valence-electron chi connectivity index (χ4n) is 3.51. The number of nitrogens with zero attached hydrogens (tertiary/aromatic N) is 1. The van der Waals surface area contributed by atoms with Crippen molar-refractivity contribution in [2.24, 2.45) is 5.92 Å². The van der Waals surface area contributed by atoms with Gasteiger partial charge in [0.25, 0.3) is 0 Å². The van der Waals surface area contributed by atoms with Crippen LogP contribution in [0.25, 0.3) is 0 Å². The van der Waals surface area contributed by atoms with Crippen LogP contribution in [0.4, 0.5) is 5.69 Å². The van der Waals surface area contributed by atoms with Crippen molar-refractivity contribution in [2.75, 3.05) is 25.0 Å². The van der Waals surface area contributed by atoms with Gasteiger partial charge in [-0.1, -0.05) is 52.8 Å². The van der Waals surface area contributed by atoms with Crippen molar-refractivity contribution < 1.29 is 4.79 Å². The van der Waals surface area contributed by atoms with Gasteiger partial charge in [-0.15, -0.1) is 0 Å². The third kappa shape index (κ3) is 4.81. The number of amides is 1. The Balaban J connectivity index is 2.13. The Morgan fingerprint density at radius 2 is 1.83 bits per heavy atom. The van der Waals surface area contributed by atoms with Crippen LogP contribution in [0.1, 0.15) is 70.4 Å². The van der Waals surface area contributed by atoms with Gasteiger partial charge in [0.1, 0.15) is 0 Å². The van der Waals surface area contributed by atoms with Crippen LogP contribution in [0.2, 0.25) is 0 Å². The lowest BCUT2D eigenvalue weighted by Gasteiger charge is -2.30. The fourth-order valence-corrected chi connectivity index (χ4v) is 3.51. The van der Waals surface area contributed by atoms with Gasteiger partial charge in [-0.05, 0) is 48.3 Å². The number of para-hydroxylation sites is 1. The molecule has 1 N–H and O–H groups in total. The molecule has 1 aliphatic heterocycles. The van der Waals surface area contributed by atoms with Crippen LogP contribution in [0.15, 0.2) is 18.2 Å². The molecule has 1 aromatic rings. The maximum atomic E-state index is 12.6. The highest BCUT2D eigenvalue weighted by atomic mass is 16.2. The third-order valence-electron chi connectivity index (χ3n) is 4.75.